The van der Waals surface area contributed by atoms with Gasteiger partial charge in [0.05, 0.1) is 11.3 Å². The fourth-order valence-electron chi connectivity index (χ4n) is 3.37. The molecule has 28 heavy (non-hydrogen) atoms. The maximum Gasteiger partial charge on any atom is 0.227 e. The van der Waals surface area contributed by atoms with Gasteiger partial charge < -0.3 is 10.2 Å². The zero-order valence-corrected chi connectivity index (χ0v) is 15.3. The summed E-state index contributed by atoms with van der Waals surface area (Å²) in [6, 6.07) is 15.2. The van der Waals surface area contributed by atoms with Crippen LogP contribution in [0, 0.1) is 17.2 Å². The molecule has 1 amide bonds. The van der Waals surface area contributed by atoms with E-state index in [1.54, 1.807) is 23.1 Å². The number of nitrogens with zero attached hydrogens (tertiary/aromatic N) is 5. The van der Waals surface area contributed by atoms with Gasteiger partial charge in [-0.05, 0) is 55.3 Å². The number of benzene rings is 1. The van der Waals surface area contributed by atoms with Crippen LogP contribution in [0.15, 0.2) is 61.1 Å². The van der Waals surface area contributed by atoms with Crippen LogP contribution in [0.2, 0.25) is 0 Å². The molecule has 3 heterocycles. The smallest absolute Gasteiger partial charge is 0.227 e. The highest BCUT2D eigenvalue weighted by atomic mass is 16.1. The molecule has 0 aliphatic carbocycles. The number of anilines is 2. The van der Waals surface area contributed by atoms with Gasteiger partial charge in [-0.1, -0.05) is 0 Å². The minimum atomic E-state index is -0.0135. The summed E-state index contributed by atoms with van der Waals surface area (Å²) in [5.74, 6) is 0.895. The van der Waals surface area contributed by atoms with E-state index in [9.17, 15) is 4.79 Å². The number of hydrogen-bond donors (Lipinski definition) is 1. The summed E-state index contributed by atoms with van der Waals surface area (Å²) in [4.78, 5) is 19.1. The van der Waals surface area contributed by atoms with E-state index in [1.807, 2.05) is 42.6 Å². The van der Waals surface area contributed by atoms with Crippen molar-refractivity contribution < 1.29 is 4.79 Å². The summed E-state index contributed by atoms with van der Waals surface area (Å²) in [6.07, 6.45) is 6.75. The van der Waals surface area contributed by atoms with Crippen molar-refractivity contribution in [3.63, 3.8) is 0 Å². The van der Waals surface area contributed by atoms with Gasteiger partial charge in [0.25, 0.3) is 0 Å². The Morgan fingerprint density at radius 2 is 1.93 bits per heavy atom. The summed E-state index contributed by atoms with van der Waals surface area (Å²) >= 11 is 0. The highest BCUT2D eigenvalue weighted by Crippen LogP contribution is 2.23. The molecule has 0 unspecified atom stereocenters. The first-order chi connectivity index (χ1) is 13.7. The molecule has 2 aromatic heterocycles. The fraction of sp³-hybridized carbons (Fsp3) is 0.238. The third-order valence-electron chi connectivity index (χ3n) is 4.97. The quantitative estimate of drug-likeness (QED) is 0.761. The Kier molecular flexibility index (Phi) is 5.02. The van der Waals surface area contributed by atoms with Crippen LogP contribution in [0.3, 0.4) is 0 Å². The molecular weight excluding hydrogens is 352 g/mol. The van der Waals surface area contributed by atoms with E-state index in [1.165, 1.54) is 0 Å². The monoisotopic (exact) mass is 372 g/mol. The number of nitrogens with one attached hydrogen (secondary N) is 1. The molecular formula is C21H20N6O. The second-order valence-electron chi connectivity index (χ2n) is 6.76. The van der Waals surface area contributed by atoms with Crippen molar-refractivity contribution in [1.82, 2.24) is 14.8 Å². The van der Waals surface area contributed by atoms with Crippen molar-refractivity contribution in [2.45, 2.75) is 12.8 Å². The summed E-state index contributed by atoms with van der Waals surface area (Å²) in [6.45, 7) is 1.55. The molecule has 1 aliphatic rings. The van der Waals surface area contributed by atoms with Gasteiger partial charge in [0.2, 0.25) is 5.91 Å². The maximum absolute atomic E-state index is 12.6. The van der Waals surface area contributed by atoms with Gasteiger partial charge in [-0.3, -0.25) is 4.79 Å². The second-order valence-corrected chi connectivity index (χ2v) is 6.76. The molecule has 7 heteroatoms. The minimum Gasteiger partial charge on any atom is -0.357 e. The van der Waals surface area contributed by atoms with E-state index in [0.717, 1.165) is 43.1 Å². The normalized spacial score (nSPS) is 14.5. The molecule has 4 rings (SSSR count). The number of nitriles is 1. The predicted molar refractivity (Wildman–Crippen MR) is 106 cm³/mol. The molecule has 7 nitrogen and oxygen atoms in total. The Labute approximate surface area is 163 Å². The first-order valence-corrected chi connectivity index (χ1v) is 9.25. The van der Waals surface area contributed by atoms with Crippen molar-refractivity contribution in [3.05, 3.63) is 66.6 Å². The van der Waals surface area contributed by atoms with Gasteiger partial charge in [0.1, 0.15) is 11.9 Å². The SMILES string of the molecule is N#Cc1ccc(N2CCC(C(=O)Nc3ccc(-n4cccn4)cc3)CC2)nc1. The van der Waals surface area contributed by atoms with Crippen molar-refractivity contribution in [3.8, 4) is 11.8 Å². The predicted octanol–water partition coefficient (Wildman–Crippen LogP) is 2.99. The molecule has 1 aliphatic heterocycles. The van der Waals surface area contributed by atoms with Gasteiger partial charge in [-0.25, -0.2) is 9.67 Å². The Morgan fingerprint density at radius 1 is 1.14 bits per heavy atom. The molecule has 140 valence electrons. The van der Waals surface area contributed by atoms with Crippen molar-refractivity contribution in [1.29, 1.82) is 5.26 Å². The largest absolute Gasteiger partial charge is 0.357 e. The lowest BCUT2D eigenvalue weighted by atomic mass is 9.95. The fourth-order valence-corrected chi connectivity index (χ4v) is 3.37. The van der Waals surface area contributed by atoms with Gasteiger partial charge >= 0.3 is 0 Å². The lowest BCUT2D eigenvalue weighted by Crippen LogP contribution is -2.38. The van der Waals surface area contributed by atoms with Gasteiger partial charge in [-0.15, -0.1) is 0 Å². The van der Waals surface area contributed by atoms with E-state index in [2.05, 4.69) is 26.4 Å². The number of carbonyl (C=O) groups excluding carboxylic acids is 1. The molecule has 1 N–H and O–H groups in total. The van der Waals surface area contributed by atoms with E-state index in [-0.39, 0.29) is 11.8 Å². The van der Waals surface area contributed by atoms with E-state index in [4.69, 9.17) is 5.26 Å². The minimum absolute atomic E-state index is 0.0135. The first-order valence-electron chi connectivity index (χ1n) is 9.25. The lowest BCUT2D eigenvalue weighted by molar-refractivity contribution is -0.120. The lowest BCUT2D eigenvalue weighted by Gasteiger charge is -2.32. The van der Waals surface area contributed by atoms with Gasteiger partial charge in [0.15, 0.2) is 0 Å². The Morgan fingerprint density at radius 3 is 2.54 bits per heavy atom. The maximum atomic E-state index is 12.6. The Balaban J connectivity index is 1.32. The van der Waals surface area contributed by atoms with E-state index < -0.39 is 0 Å². The number of piperidine rings is 1. The molecule has 1 fully saturated rings. The van der Waals surface area contributed by atoms with Crippen LogP contribution in [0.5, 0.6) is 0 Å². The number of hydrogen-bond acceptors (Lipinski definition) is 5. The molecule has 0 bridgehead atoms. The Bertz CT molecular complexity index is 965. The number of rotatable bonds is 4. The van der Waals surface area contributed by atoms with Crippen LogP contribution in [0.1, 0.15) is 18.4 Å². The van der Waals surface area contributed by atoms with Crippen molar-refractivity contribution >= 4 is 17.4 Å². The average Bonchev–Trinajstić information content (AvgIpc) is 3.29. The van der Waals surface area contributed by atoms with E-state index >= 15 is 0 Å². The summed E-state index contributed by atoms with van der Waals surface area (Å²) in [5, 5.41) is 16.1. The first kappa shape index (κ1) is 17.7. The highest BCUT2D eigenvalue weighted by molar-refractivity contribution is 5.92. The Hall–Kier alpha value is -3.66. The van der Waals surface area contributed by atoms with Crippen molar-refractivity contribution in [2.24, 2.45) is 5.92 Å². The third kappa shape index (κ3) is 3.86. The van der Waals surface area contributed by atoms with Crippen LogP contribution in [-0.2, 0) is 4.79 Å². The number of aromatic nitrogens is 3. The van der Waals surface area contributed by atoms with Crippen LogP contribution < -0.4 is 10.2 Å². The zero-order valence-electron chi connectivity index (χ0n) is 15.3. The topological polar surface area (TPSA) is 86.8 Å². The van der Waals surface area contributed by atoms with Crippen LogP contribution in [-0.4, -0.2) is 33.8 Å². The van der Waals surface area contributed by atoms with E-state index in [0.29, 0.717) is 5.56 Å². The molecule has 0 saturated carbocycles. The standard InChI is InChI=1S/C21H20N6O/c22-14-16-2-7-20(23-15-16)26-12-8-17(9-13-26)21(28)25-18-3-5-19(6-4-18)27-11-1-10-24-27/h1-7,10-11,15,17H,8-9,12-13H2,(H,25,28). The zero-order chi connectivity index (χ0) is 19.3. The molecule has 0 atom stereocenters. The third-order valence-corrected chi connectivity index (χ3v) is 4.97. The molecule has 0 spiro atoms. The summed E-state index contributed by atoms with van der Waals surface area (Å²) < 4.78 is 1.78. The van der Waals surface area contributed by atoms with Crippen molar-refractivity contribution in [2.75, 3.05) is 23.3 Å². The van der Waals surface area contributed by atoms with Crippen LogP contribution >= 0.6 is 0 Å². The molecule has 1 aromatic carbocycles. The molecule has 1 saturated heterocycles. The number of amides is 1. The molecule has 3 aromatic rings. The molecule has 0 radical (unpaired) electrons. The second kappa shape index (κ2) is 7.92. The summed E-state index contributed by atoms with van der Waals surface area (Å²) in [7, 11) is 0. The summed E-state index contributed by atoms with van der Waals surface area (Å²) in [5.41, 5.74) is 2.29. The van der Waals surface area contributed by atoms with Gasteiger partial charge in [-0.2, -0.15) is 10.4 Å². The van der Waals surface area contributed by atoms with Crippen LogP contribution in [0.25, 0.3) is 5.69 Å². The van der Waals surface area contributed by atoms with Crippen LogP contribution in [0.4, 0.5) is 11.5 Å². The van der Waals surface area contributed by atoms with Gasteiger partial charge in [0, 0.05) is 43.3 Å². The highest BCUT2D eigenvalue weighted by Gasteiger charge is 2.25. The number of carbonyl (C=O) groups is 1. The average molecular weight is 372 g/mol. The number of pyridine rings is 1.